The van der Waals surface area contributed by atoms with Crippen LogP contribution in [-0.4, -0.2) is 4.98 Å². The standard InChI is InChI=1S/C16H13BrN2S/c1-10-8-13-14(9-19-10)15(18)6-7-16(13)20-12-4-2-11(17)3-5-12/h2-9H,18H2,1H3. The number of aryl methyl sites for hydroxylation is 1. The highest BCUT2D eigenvalue weighted by molar-refractivity contribution is 9.10. The van der Waals surface area contributed by atoms with Gasteiger partial charge in [0.25, 0.3) is 0 Å². The highest BCUT2D eigenvalue weighted by Gasteiger charge is 2.07. The number of aromatic nitrogens is 1. The Labute approximate surface area is 130 Å². The van der Waals surface area contributed by atoms with Gasteiger partial charge in [-0.3, -0.25) is 4.98 Å². The minimum atomic E-state index is 0.771. The summed E-state index contributed by atoms with van der Waals surface area (Å²) in [6.07, 6.45) is 1.85. The average molecular weight is 345 g/mol. The van der Waals surface area contributed by atoms with Gasteiger partial charge in [-0.15, -0.1) is 0 Å². The summed E-state index contributed by atoms with van der Waals surface area (Å²) in [5.74, 6) is 0. The number of halogens is 1. The molecule has 20 heavy (non-hydrogen) atoms. The number of fused-ring (bicyclic) bond motifs is 1. The van der Waals surface area contributed by atoms with Crippen LogP contribution in [0.5, 0.6) is 0 Å². The Balaban J connectivity index is 2.09. The summed E-state index contributed by atoms with van der Waals surface area (Å²) < 4.78 is 1.09. The highest BCUT2D eigenvalue weighted by atomic mass is 79.9. The molecule has 2 aromatic carbocycles. The smallest absolute Gasteiger partial charge is 0.0410 e. The third-order valence-electron chi connectivity index (χ3n) is 3.07. The maximum absolute atomic E-state index is 6.03. The molecule has 0 aliphatic carbocycles. The van der Waals surface area contributed by atoms with Crippen LogP contribution >= 0.6 is 27.7 Å². The van der Waals surface area contributed by atoms with Gasteiger partial charge in [0.1, 0.15) is 0 Å². The minimum absolute atomic E-state index is 0.771. The molecule has 1 heterocycles. The number of benzene rings is 2. The zero-order chi connectivity index (χ0) is 14.1. The molecule has 0 bridgehead atoms. The van der Waals surface area contributed by atoms with Gasteiger partial charge in [-0.1, -0.05) is 27.7 Å². The minimum Gasteiger partial charge on any atom is -0.398 e. The highest BCUT2D eigenvalue weighted by Crippen LogP contribution is 2.36. The van der Waals surface area contributed by atoms with Gasteiger partial charge < -0.3 is 5.73 Å². The summed E-state index contributed by atoms with van der Waals surface area (Å²) in [4.78, 5) is 6.73. The summed E-state index contributed by atoms with van der Waals surface area (Å²) in [7, 11) is 0. The number of hydrogen-bond acceptors (Lipinski definition) is 3. The van der Waals surface area contributed by atoms with E-state index in [-0.39, 0.29) is 0 Å². The van der Waals surface area contributed by atoms with Crippen molar-refractivity contribution in [3.8, 4) is 0 Å². The van der Waals surface area contributed by atoms with Crippen LogP contribution in [0.4, 0.5) is 5.69 Å². The Kier molecular flexibility index (Phi) is 3.68. The first kappa shape index (κ1) is 13.5. The summed E-state index contributed by atoms with van der Waals surface area (Å²) in [6, 6.07) is 14.4. The first-order chi connectivity index (χ1) is 9.63. The summed E-state index contributed by atoms with van der Waals surface area (Å²) in [5, 5.41) is 2.17. The summed E-state index contributed by atoms with van der Waals surface area (Å²) in [6.45, 7) is 2.00. The van der Waals surface area contributed by atoms with Crippen molar-refractivity contribution in [2.75, 3.05) is 5.73 Å². The van der Waals surface area contributed by atoms with E-state index >= 15 is 0 Å². The first-order valence-corrected chi connectivity index (χ1v) is 7.83. The van der Waals surface area contributed by atoms with Crippen molar-refractivity contribution in [3.63, 3.8) is 0 Å². The lowest BCUT2D eigenvalue weighted by atomic mass is 10.1. The Morgan fingerprint density at radius 3 is 2.55 bits per heavy atom. The van der Waals surface area contributed by atoms with Crippen LogP contribution in [0.3, 0.4) is 0 Å². The number of nitrogens with two attached hydrogens (primary N) is 1. The van der Waals surface area contributed by atoms with E-state index in [0.717, 1.165) is 26.6 Å². The van der Waals surface area contributed by atoms with Crippen molar-refractivity contribution >= 4 is 44.2 Å². The zero-order valence-corrected chi connectivity index (χ0v) is 13.3. The molecule has 4 heteroatoms. The van der Waals surface area contributed by atoms with Crippen LogP contribution in [0.25, 0.3) is 10.8 Å². The Bertz CT molecular complexity index is 769. The van der Waals surface area contributed by atoms with Gasteiger partial charge in [-0.25, -0.2) is 0 Å². The van der Waals surface area contributed by atoms with Gasteiger partial charge in [0, 0.05) is 42.6 Å². The summed E-state index contributed by atoms with van der Waals surface area (Å²) >= 11 is 5.19. The molecule has 2 nitrogen and oxygen atoms in total. The second kappa shape index (κ2) is 5.46. The van der Waals surface area contributed by atoms with Gasteiger partial charge in [0.2, 0.25) is 0 Å². The molecule has 0 saturated heterocycles. The van der Waals surface area contributed by atoms with Crippen LogP contribution in [-0.2, 0) is 0 Å². The Hall–Kier alpha value is -1.52. The molecular formula is C16H13BrN2S. The Morgan fingerprint density at radius 1 is 1.05 bits per heavy atom. The molecule has 0 spiro atoms. The van der Waals surface area contributed by atoms with Crippen molar-refractivity contribution in [1.82, 2.24) is 4.98 Å². The molecule has 100 valence electrons. The number of anilines is 1. The zero-order valence-electron chi connectivity index (χ0n) is 10.9. The monoisotopic (exact) mass is 344 g/mol. The van der Waals surface area contributed by atoms with Crippen molar-refractivity contribution < 1.29 is 0 Å². The molecule has 0 radical (unpaired) electrons. The quantitative estimate of drug-likeness (QED) is 0.662. The van der Waals surface area contributed by atoms with E-state index in [2.05, 4.69) is 57.3 Å². The maximum atomic E-state index is 6.03. The van der Waals surface area contributed by atoms with E-state index in [1.165, 1.54) is 9.79 Å². The van der Waals surface area contributed by atoms with Crippen LogP contribution in [0.2, 0.25) is 0 Å². The Morgan fingerprint density at radius 2 is 1.80 bits per heavy atom. The molecule has 0 amide bonds. The topological polar surface area (TPSA) is 38.9 Å². The van der Waals surface area contributed by atoms with Crippen LogP contribution in [0, 0.1) is 6.92 Å². The van der Waals surface area contributed by atoms with Crippen molar-refractivity contribution in [2.24, 2.45) is 0 Å². The first-order valence-electron chi connectivity index (χ1n) is 6.22. The molecule has 1 aromatic heterocycles. The lowest BCUT2D eigenvalue weighted by molar-refractivity contribution is 1.22. The fraction of sp³-hybridized carbons (Fsp3) is 0.0625. The van der Waals surface area contributed by atoms with Crippen LogP contribution in [0.15, 0.2) is 62.9 Å². The maximum Gasteiger partial charge on any atom is 0.0410 e. The second-order valence-electron chi connectivity index (χ2n) is 4.58. The van der Waals surface area contributed by atoms with E-state index in [4.69, 9.17) is 5.73 Å². The molecule has 0 fully saturated rings. The molecule has 3 aromatic rings. The molecule has 0 aliphatic heterocycles. The lowest BCUT2D eigenvalue weighted by Gasteiger charge is -2.09. The van der Waals surface area contributed by atoms with E-state index < -0.39 is 0 Å². The molecule has 0 aliphatic rings. The fourth-order valence-electron chi connectivity index (χ4n) is 2.06. The van der Waals surface area contributed by atoms with Crippen molar-refractivity contribution in [1.29, 1.82) is 0 Å². The normalized spacial score (nSPS) is 10.9. The predicted octanol–water partition coefficient (Wildman–Crippen LogP) is 5.04. The second-order valence-corrected chi connectivity index (χ2v) is 6.61. The van der Waals surface area contributed by atoms with Crippen molar-refractivity contribution in [3.05, 3.63) is 58.8 Å². The third kappa shape index (κ3) is 2.67. The number of nitrogens with zero attached hydrogens (tertiary/aromatic N) is 1. The number of nitrogen functional groups attached to an aromatic ring is 1. The van der Waals surface area contributed by atoms with E-state index in [0.29, 0.717) is 0 Å². The van der Waals surface area contributed by atoms with Gasteiger partial charge in [0.05, 0.1) is 0 Å². The van der Waals surface area contributed by atoms with Gasteiger partial charge in [-0.05, 0) is 49.4 Å². The number of pyridine rings is 1. The van der Waals surface area contributed by atoms with Crippen molar-refractivity contribution in [2.45, 2.75) is 16.7 Å². The SMILES string of the molecule is Cc1cc2c(Sc3ccc(Br)cc3)ccc(N)c2cn1. The number of rotatable bonds is 2. The van der Waals surface area contributed by atoms with Gasteiger partial charge >= 0.3 is 0 Å². The third-order valence-corrected chi connectivity index (χ3v) is 4.69. The van der Waals surface area contributed by atoms with E-state index in [1.54, 1.807) is 11.8 Å². The molecule has 3 rings (SSSR count). The number of hydrogen-bond donors (Lipinski definition) is 1. The van der Waals surface area contributed by atoms with Gasteiger partial charge in [-0.2, -0.15) is 0 Å². The molecule has 0 atom stereocenters. The molecule has 0 unspecified atom stereocenters. The van der Waals surface area contributed by atoms with Crippen LogP contribution < -0.4 is 5.73 Å². The van der Waals surface area contributed by atoms with Gasteiger partial charge in [0.15, 0.2) is 0 Å². The predicted molar refractivity (Wildman–Crippen MR) is 89.2 cm³/mol. The molecule has 0 saturated carbocycles. The van der Waals surface area contributed by atoms with Crippen LogP contribution in [0.1, 0.15) is 5.69 Å². The fourth-order valence-corrected chi connectivity index (χ4v) is 3.26. The largest absolute Gasteiger partial charge is 0.398 e. The summed E-state index contributed by atoms with van der Waals surface area (Å²) in [5.41, 5.74) is 7.80. The lowest BCUT2D eigenvalue weighted by Crippen LogP contribution is -1.90. The molecular weight excluding hydrogens is 332 g/mol. The van der Waals surface area contributed by atoms with E-state index in [1.807, 2.05) is 19.2 Å². The van der Waals surface area contributed by atoms with E-state index in [9.17, 15) is 0 Å². The average Bonchev–Trinajstić information content (AvgIpc) is 2.44. The molecule has 2 N–H and O–H groups in total.